The Morgan fingerprint density at radius 2 is 1.64 bits per heavy atom. The second-order valence-corrected chi connectivity index (χ2v) is 6.45. The first kappa shape index (κ1) is 15.6. The first-order valence-electron chi connectivity index (χ1n) is 8.47. The number of nitrogens with zero attached hydrogens (tertiary/aromatic N) is 1. The summed E-state index contributed by atoms with van der Waals surface area (Å²) in [6.45, 7) is -0.245. The summed E-state index contributed by atoms with van der Waals surface area (Å²) in [7, 11) is 0. The minimum Gasteiger partial charge on any atom is -0.348 e. The number of imide groups is 1. The van der Waals surface area contributed by atoms with E-state index in [2.05, 4.69) is 11.4 Å². The van der Waals surface area contributed by atoms with Crippen LogP contribution in [0.1, 0.15) is 50.7 Å². The summed E-state index contributed by atoms with van der Waals surface area (Å²) in [5.74, 6) is -1.12. The summed E-state index contributed by atoms with van der Waals surface area (Å²) in [6, 6.07) is 14.7. The van der Waals surface area contributed by atoms with Gasteiger partial charge in [-0.1, -0.05) is 36.4 Å². The van der Waals surface area contributed by atoms with Gasteiger partial charge in [-0.2, -0.15) is 0 Å². The van der Waals surface area contributed by atoms with Crippen molar-refractivity contribution in [3.05, 3.63) is 70.8 Å². The maximum atomic E-state index is 12.5. The van der Waals surface area contributed by atoms with Crippen LogP contribution in [0.25, 0.3) is 0 Å². The molecule has 0 saturated carbocycles. The van der Waals surface area contributed by atoms with E-state index >= 15 is 0 Å². The molecule has 3 amide bonds. The molecule has 2 aromatic rings. The van der Waals surface area contributed by atoms with Gasteiger partial charge >= 0.3 is 0 Å². The number of rotatable bonds is 3. The van der Waals surface area contributed by atoms with Crippen LogP contribution < -0.4 is 5.32 Å². The lowest BCUT2D eigenvalue weighted by atomic mass is 9.88. The number of benzene rings is 2. The Morgan fingerprint density at radius 3 is 2.36 bits per heavy atom. The van der Waals surface area contributed by atoms with Gasteiger partial charge in [0.1, 0.15) is 6.54 Å². The summed E-state index contributed by atoms with van der Waals surface area (Å²) >= 11 is 0. The normalized spacial score (nSPS) is 18.7. The third kappa shape index (κ3) is 2.71. The number of nitrogens with one attached hydrogen (secondary N) is 1. The van der Waals surface area contributed by atoms with Crippen LogP contribution in [0, 0.1) is 0 Å². The number of carbonyl (C=O) groups is 3. The molecule has 0 saturated heterocycles. The Hall–Kier alpha value is -2.95. The molecule has 5 nitrogen and oxygen atoms in total. The van der Waals surface area contributed by atoms with Crippen LogP contribution in [0.5, 0.6) is 0 Å². The molecule has 4 rings (SSSR count). The van der Waals surface area contributed by atoms with E-state index < -0.39 is 11.8 Å². The third-order valence-electron chi connectivity index (χ3n) is 4.88. The minimum atomic E-state index is -0.403. The highest BCUT2D eigenvalue weighted by Crippen LogP contribution is 2.29. The molecular formula is C20H18N2O3. The molecular weight excluding hydrogens is 316 g/mol. The number of amides is 3. The molecule has 1 N–H and O–H groups in total. The summed E-state index contributed by atoms with van der Waals surface area (Å²) in [6.07, 6.45) is 2.89. The maximum Gasteiger partial charge on any atom is 0.262 e. The molecule has 2 aliphatic rings. The standard InChI is InChI=1S/C20H18N2O3/c23-18(21-17-11-5-7-13-6-1-2-8-14(13)17)12-22-19(24)15-9-3-4-10-16(15)20(22)25/h1-4,6,8-10,17H,5,7,11-12H2,(H,21,23)/t17-/m0/s1. The largest absolute Gasteiger partial charge is 0.348 e. The van der Waals surface area contributed by atoms with E-state index in [1.54, 1.807) is 24.3 Å². The van der Waals surface area contributed by atoms with Gasteiger partial charge in [-0.15, -0.1) is 0 Å². The summed E-state index contributed by atoms with van der Waals surface area (Å²) in [5, 5.41) is 2.98. The van der Waals surface area contributed by atoms with Crippen molar-refractivity contribution < 1.29 is 14.4 Å². The molecule has 1 aliphatic heterocycles. The van der Waals surface area contributed by atoms with E-state index in [1.807, 2.05) is 18.2 Å². The van der Waals surface area contributed by atoms with E-state index in [9.17, 15) is 14.4 Å². The Bertz CT molecular complexity index is 840. The summed E-state index contributed by atoms with van der Waals surface area (Å²) in [5.41, 5.74) is 3.11. The van der Waals surface area contributed by atoms with E-state index in [0.717, 1.165) is 29.7 Å². The molecule has 25 heavy (non-hydrogen) atoms. The van der Waals surface area contributed by atoms with Gasteiger partial charge in [0, 0.05) is 0 Å². The van der Waals surface area contributed by atoms with Crippen LogP contribution in [0.3, 0.4) is 0 Å². The van der Waals surface area contributed by atoms with Crippen LogP contribution in [0.2, 0.25) is 0 Å². The van der Waals surface area contributed by atoms with Gasteiger partial charge in [0.15, 0.2) is 0 Å². The smallest absolute Gasteiger partial charge is 0.262 e. The number of hydrogen-bond donors (Lipinski definition) is 1. The van der Waals surface area contributed by atoms with Gasteiger partial charge in [0.05, 0.1) is 17.2 Å². The molecule has 5 heteroatoms. The lowest BCUT2D eigenvalue weighted by Crippen LogP contribution is -2.42. The van der Waals surface area contributed by atoms with Crippen molar-refractivity contribution in [2.24, 2.45) is 0 Å². The van der Waals surface area contributed by atoms with Crippen molar-refractivity contribution >= 4 is 17.7 Å². The first-order valence-corrected chi connectivity index (χ1v) is 8.47. The second-order valence-electron chi connectivity index (χ2n) is 6.45. The molecule has 0 fully saturated rings. The van der Waals surface area contributed by atoms with Crippen molar-refractivity contribution in [2.75, 3.05) is 6.54 Å². The number of aryl methyl sites for hydroxylation is 1. The quantitative estimate of drug-likeness (QED) is 0.877. The Labute approximate surface area is 145 Å². The third-order valence-corrected chi connectivity index (χ3v) is 4.88. The Kier molecular flexibility index (Phi) is 3.84. The van der Waals surface area contributed by atoms with Crippen LogP contribution in [-0.2, 0) is 11.2 Å². The van der Waals surface area contributed by atoms with Crippen molar-refractivity contribution in [3.8, 4) is 0 Å². The molecule has 2 aromatic carbocycles. The molecule has 1 heterocycles. The van der Waals surface area contributed by atoms with Gasteiger partial charge in [-0.3, -0.25) is 19.3 Å². The maximum absolute atomic E-state index is 12.5. The molecule has 1 aliphatic carbocycles. The fourth-order valence-corrected chi connectivity index (χ4v) is 3.67. The molecule has 0 spiro atoms. The zero-order valence-electron chi connectivity index (χ0n) is 13.7. The van der Waals surface area contributed by atoms with Crippen molar-refractivity contribution in [2.45, 2.75) is 25.3 Å². The van der Waals surface area contributed by atoms with Crippen LogP contribution in [-0.4, -0.2) is 29.2 Å². The lowest BCUT2D eigenvalue weighted by Gasteiger charge is -2.27. The average molecular weight is 334 g/mol. The van der Waals surface area contributed by atoms with Crippen molar-refractivity contribution in [3.63, 3.8) is 0 Å². The van der Waals surface area contributed by atoms with E-state index in [4.69, 9.17) is 0 Å². The highest BCUT2D eigenvalue weighted by Gasteiger charge is 2.36. The molecule has 126 valence electrons. The van der Waals surface area contributed by atoms with Crippen LogP contribution in [0.4, 0.5) is 0 Å². The van der Waals surface area contributed by atoms with Gasteiger partial charge in [0.2, 0.25) is 5.91 Å². The van der Waals surface area contributed by atoms with Gasteiger partial charge in [-0.25, -0.2) is 0 Å². The predicted octanol–water partition coefficient (Wildman–Crippen LogP) is 2.48. The van der Waals surface area contributed by atoms with Crippen molar-refractivity contribution in [1.82, 2.24) is 10.2 Å². The summed E-state index contributed by atoms with van der Waals surface area (Å²) < 4.78 is 0. The molecule has 0 radical (unpaired) electrons. The highest BCUT2D eigenvalue weighted by atomic mass is 16.2. The van der Waals surface area contributed by atoms with E-state index in [0.29, 0.717) is 11.1 Å². The molecule has 0 unspecified atom stereocenters. The number of hydrogen-bond acceptors (Lipinski definition) is 3. The molecule has 0 aromatic heterocycles. The summed E-state index contributed by atoms with van der Waals surface area (Å²) in [4.78, 5) is 38.2. The van der Waals surface area contributed by atoms with E-state index in [-0.39, 0.29) is 18.5 Å². The average Bonchev–Trinajstić information content (AvgIpc) is 2.87. The minimum absolute atomic E-state index is 0.0624. The van der Waals surface area contributed by atoms with Gasteiger partial charge < -0.3 is 5.32 Å². The molecule has 1 atom stereocenters. The SMILES string of the molecule is O=C(CN1C(=O)c2ccccc2C1=O)N[C@H]1CCCc2ccccc21. The monoisotopic (exact) mass is 334 g/mol. The second kappa shape index (κ2) is 6.16. The van der Waals surface area contributed by atoms with Crippen LogP contribution in [0.15, 0.2) is 48.5 Å². The van der Waals surface area contributed by atoms with Crippen LogP contribution >= 0.6 is 0 Å². The first-order chi connectivity index (χ1) is 12.1. The number of carbonyl (C=O) groups excluding carboxylic acids is 3. The predicted molar refractivity (Wildman–Crippen MR) is 92.1 cm³/mol. The highest BCUT2D eigenvalue weighted by molar-refractivity contribution is 6.22. The topological polar surface area (TPSA) is 66.5 Å². The Morgan fingerprint density at radius 1 is 1.00 bits per heavy atom. The zero-order chi connectivity index (χ0) is 17.4. The van der Waals surface area contributed by atoms with Gasteiger partial charge in [0.25, 0.3) is 11.8 Å². The van der Waals surface area contributed by atoms with E-state index in [1.165, 1.54) is 5.56 Å². The lowest BCUT2D eigenvalue weighted by molar-refractivity contribution is -0.122. The zero-order valence-corrected chi connectivity index (χ0v) is 13.7. The van der Waals surface area contributed by atoms with Crippen molar-refractivity contribution in [1.29, 1.82) is 0 Å². The molecule has 0 bridgehead atoms. The number of fused-ring (bicyclic) bond motifs is 2. The fraction of sp³-hybridized carbons (Fsp3) is 0.250. The Balaban J connectivity index is 1.48. The fourth-order valence-electron chi connectivity index (χ4n) is 3.67. The van der Waals surface area contributed by atoms with Gasteiger partial charge in [-0.05, 0) is 42.5 Å².